The van der Waals surface area contributed by atoms with Gasteiger partial charge in [0, 0.05) is 5.92 Å². The molecule has 0 spiro atoms. The van der Waals surface area contributed by atoms with E-state index in [1.807, 2.05) is 0 Å². The summed E-state index contributed by atoms with van der Waals surface area (Å²) in [4.78, 5) is 0. The Bertz CT molecular complexity index is 837. The molecule has 0 saturated heterocycles. The summed E-state index contributed by atoms with van der Waals surface area (Å²) in [6, 6.07) is 29.0. The lowest BCUT2D eigenvalue weighted by Crippen LogP contribution is -2.10. The van der Waals surface area contributed by atoms with E-state index < -0.39 is 0 Å². The van der Waals surface area contributed by atoms with Crippen molar-refractivity contribution in [3.63, 3.8) is 0 Å². The van der Waals surface area contributed by atoms with Crippen LogP contribution in [0.4, 0.5) is 0 Å². The standard InChI is InChI=1S/C26H30/c1-20-10-8-14-23(16-20)25(18-21-11-6-5-7-12-21)24-15-9-13-22(17-24)19-26(2,3)4/h5-17,25H,18-19H2,1-4H3. The average Bonchev–Trinajstić information content (AvgIpc) is 2.59. The van der Waals surface area contributed by atoms with Gasteiger partial charge in [-0.2, -0.15) is 0 Å². The molecule has 3 aromatic rings. The number of rotatable bonds is 5. The second kappa shape index (κ2) is 7.91. The zero-order chi connectivity index (χ0) is 18.6. The first kappa shape index (κ1) is 18.5. The van der Waals surface area contributed by atoms with Gasteiger partial charge in [0.1, 0.15) is 0 Å². The third-order valence-electron chi connectivity index (χ3n) is 4.82. The summed E-state index contributed by atoms with van der Waals surface area (Å²) in [5, 5.41) is 0. The van der Waals surface area contributed by atoms with Crippen LogP contribution in [0.1, 0.15) is 54.5 Å². The molecule has 1 unspecified atom stereocenters. The Morgan fingerprint density at radius 2 is 1.31 bits per heavy atom. The van der Waals surface area contributed by atoms with Gasteiger partial charge in [-0.3, -0.25) is 0 Å². The minimum Gasteiger partial charge on any atom is -0.0622 e. The second-order valence-electron chi connectivity index (χ2n) is 8.64. The van der Waals surface area contributed by atoms with E-state index in [0.717, 1.165) is 12.8 Å². The van der Waals surface area contributed by atoms with Crippen molar-refractivity contribution in [2.75, 3.05) is 0 Å². The van der Waals surface area contributed by atoms with Gasteiger partial charge >= 0.3 is 0 Å². The summed E-state index contributed by atoms with van der Waals surface area (Å²) >= 11 is 0. The van der Waals surface area contributed by atoms with Crippen molar-refractivity contribution in [2.24, 2.45) is 5.41 Å². The maximum absolute atomic E-state index is 2.42. The van der Waals surface area contributed by atoms with Gasteiger partial charge in [-0.1, -0.05) is 105 Å². The molecule has 0 heterocycles. The summed E-state index contributed by atoms with van der Waals surface area (Å²) in [7, 11) is 0. The molecule has 0 heteroatoms. The lowest BCUT2D eigenvalue weighted by atomic mass is 9.82. The predicted octanol–water partition coefficient (Wildman–Crippen LogP) is 6.96. The Balaban J connectivity index is 1.99. The first-order valence-corrected chi connectivity index (χ1v) is 9.60. The third-order valence-corrected chi connectivity index (χ3v) is 4.82. The third kappa shape index (κ3) is 5.08. The summed E-state index contributed by atoms with van der Waals surface area (Å²) in [6.07, 6.45) is 2.13. The molecule has 134 valence electrons. The molecule has 0 nitrogen and oxygen atoms in total. The number of hydrogen-bond donors (Lipinski definition) is 0. The molecule has 0 fully saturated rings. The molecule has 0 radical (unpaired) electrons. The van der Waals surface area contributed by atoms with Crippen molar-refractivity contribution >= 4 is 0 Å². The van der Waals surface area contributed by atoms with E-state index in [9.17, 15) is 0 Å². The molecule has 26 heavy (non-hydrogen) atoms. The molecule has 0 saturated carbocycles. The van der Waals surface area contributed by atoms with E-state index in [1.165, 1.54) is 27.8 Å². The van der Waals surface area contributed by atoms with Crippen LogP contribution in [0.3, 0.4) is 0 Å². The lowest BCUT2D eigenvalue weighted by molar-refractivity contribution is 0.411. The van der Waals surface area contributed by atoms with Gasteiger partial charge in [-0.15, -0.1) is 0 Å². The normalized spacial score (nSPS) is 12.8. The van der Waals surface area contributed by atoms with Gasteiger partial charge < -0.3 is 0 Å². The minimum atomic E-state index is 0.302. The SMILES string of the molecule is Cc1cccc(C(Cc2ccccc2)c2cccc(CC(C)(C)C)c2)c1. The monoisotopic (exact) mass is 342 g/mol. The van der Waals surface area contributed by atoms with Gasteiger partial charge in [0.2, 0.25) is 0 Å². The van der Waals surface area contributed by atoms with Crippen molar-refractivity contribution in [1.82, 2.24) is 0 Å². The van der Waals surface area contributed by atoms with Crippen LogP contribution in [-0.4, -0.2) is 0 Å². The van der Waals surface area contributed by atoms with Crippen LogP contribution in [0.25, 0.3) is 0 Å². The highest BCUT2D eigenvalue weighted by Gasteiger charge is 2.17. The summed E-state index contributed by atoms with van der Waals surface area (Å²) in [5.41, 5.74) is 7.27. The van der Waals surface area contributed by atoms with Gasteiger partial charge in [0.05, 0.1) is 0 Å². The fraction of sp³-hybridized carbons (Fsp3) is 0.308. The molecule has 0 aliphatic carbocycles. The Kier molecular flexibility index (Phi) is 5.61. The van der Waals surface area contributed by atoms with Crippen LogP contribution in [0, 0.1) is 12.3 Å². The summed E-state index contributed by atoms with van der Waals surface area (Å²) < 4.78 is 0. The first-order chi connectivity index (χ1) is 12.4. The van der Waals surface area contributed by atoms with Crippen LogP contribution < -0.4 is 0 Å². The quantitative estimate of drug-likeness (QED) is 0.470. The predicted molar refractivity (Wildman–Crippen MR) is 113 cm³/mol. The summed E-state index contributed by atoms with van der Waals surface area (Å²) in [6.45, 7) is 9.10. The molecular weight excluding hydrogens is 312 g/mol. The van der Waals surface area contributed by atoms with Crippen LogP contribution in [0.5, 0.6) is 0 Å². The average molecular weight is 343 g/mol. The lowest BCUT2D eigenvalue weighted by Gasteiger charge is -2.22. The van der Waals surface area contributed by atoms with Gasteiger partial charge in [0.25, 0.3) is 0 Å². The highest BCUT2D eigenvalue weighted by atomic mass is 14.2. The molecular formula is C26H30. The molecule has 0 N–H and O–H groups in total. The molecule has 3 aromatic carbocycles. The smallest absolute Gasteiger partial charge is 0.0130 e. The molecule has 0 aliphatic rings. The molecule has 0 bridgehead atoms. The fourth-order valence-electron chi connectivity index (χ4n) is 3.70. The fourth-order valence-corrected chi connectivity index (χ4v) is 3.70. The molecule has 0 amide bonds. The first-order valence-electron chi connectivity index (χ1n) is 9.60. The Morgan fingerprint density at radius 3 is 1.96 bits per heavy atom. The highest BCUT2D eigenvalue weighted by Crippen LogP contribution is 2.31. The van der Waals surface area contributed by atoms with Crippen LogP contribution >= 0.6 is 0 Å². The Hall–Kier alpha value is -2.34. The van der Waals surface area contributed by atoms with Crippen LogP contribution in [0.2, 0.25) is 0 Å². The molecule has 3 rings (SSSR count). The van der Waals surface area contributed by atoms with E-state index in [4.69, 9.17) is 0 Å². The topological polar surface area (TPSA) is 0 Å². The number of hydrogen-bond acceptors (Lipinski definition) is 0. The molecule has 0 aromatic heterocycles. The van der Waals surface area contributed by atoms with Gasteiger partial charge in [-0.25, -0.2) is 0 Å². The Labute approximate surface area is 158 Å². The minimum absolute atomic E-state index is 0.302. The Morgan fingerprint density at radius 1 is 0.692 bits per heavy atom. The van der Waals surface area contributed by atoms with E-state index in [1.54, 1.807) is 0 Å². The highest BCUT2D eigenvalue weighted by molar-refractivity contribution is 5.38. The maximum atomic E-state index is 2.42. The second-order valence-corrected chi connectivity index (χ2v) is 8.64. The van der Waals surface area contributed by atoms with E-state index in [-0.39, 0.29) is 0 Å². The van der Waals surface area contributed by atoms with Gasteiger partial charge in [0.15, 0.2) is 0 Å². The maximum Gasteiger partial charge on any atom is 0.0130 e. The van der Waals surface area contributed by atoms with E-state index >= 15 is 0 Å². The van der Waals surface area contributed by atoms with Crippen LogP contribution in [-0.2, 0) is 12.8 Å². The van der Waals surface area contributed by atoms with Crippen molar-refractivity contribution in [1.29, 1.82) is 0 Å². The van der Waals surface area contributed by atoms with E-state index in [0.29, 0.717) is 11.3 Å². The van der Waals surface area contributed by atoms with Crippen molar-refractivity contribution in [3.05, 3.63) is 107 Å². The zero-order valence-electron chi connectivity index (χ0n) is 16.5. The molecule has 1 atom stereocenters. The largest absolute Gasteiger partial charge is 0.0622 e. The van der Waals surface area contributed by atoms with Gasteiger partial charge in [-0.05, 0) is 47.4 Å². The van der Waals surface area contributed by atoms with Crippen LogP contribution in [0.15, 0.2) is 78.9 Å². The number of benzene rings is 3. The van der Waals surface area contributed by atoms with Crippen molar-refractivity contribution in [3.8, 4) is 0 Å². The molecule has 0 aliphatic heterocycles. The zero-order valence-corrected chi connectivity index (χ0v) is 16.5. The number of aryl methyl sites for hydroxylation is 1. The van der Waals surface area contributed by atoms with Crippen molar-refractivity contribution < 1.29 is 0 Å². The van der Waals surface area contributed by atoms with Crippen molar-refractivity contribution in [2.45, 2.75) is 46.5 Å². The van der Waals surface area contributed by atoms with E-state index in [2.05, 4.69) is 107 Å². The summed E-state index contributed by atoms with van der Waals surface area (Å²) in [5.74, 6) is 0.386.